The largest absolute Gasteiger partial charge is 0.444 e. The molecule has 1 N–H and O–H groups in total. The van der Waals surface area contributed by atoms with Crippen LogP contribution in [0.1, 0.15) is 32.6 Å². The Morgan fingerprint density at radius 2 is 2.16 bits per heavy atom. The molecule has 2 saturated heterocycles. The summed E-state index contributed by atoms with van der Waals surface area (Å²) in [6.45, 7) is 1.62. The van der Waals surface area contributed by atoms with E-state index in [1.165, 1.54) is 19.1 Å². The standard InChI is InChI=1S/C19H24BrFN2O7S/c1-19(31(2,26)27,17(24)22-30-16-5-3-4-8-28-16)10-13-11-23(18(25)29-13)15-7-6-12(20)9-14(15)21/h6-7,9,13,16H,3-5,8,10-11H2,1-2H3,(H,22,24). The predicted molar refractivity (Wildman–Crippen MR) is 112 cm³/mol. The Labute approximate surface area is 188 Å². The Kier molecular flexibility index (Phi) is 7.24. The Morgan fingerprint density at radius 1 is 1.42 bits per heavy atom. The number of cyclic esters (lactones) is 1. The molecule has 0 radical (unpaired) electrons. The van der Waals surface area contributed by atoms with Crippen LogP contribution in [-0.2, 0) is 28.9 Å². The Bertz CT molecular complexity index is 955. The molecule has 0 bridgehead atoms. The van der Waals surface area contributed by atoms with Gasteiger partial charge in [0, 0.05) is 30.2 Å². The van der Waals surface area contributed by atoms with Gasteiger partial charge in [-0.1, -0.05) is 15.9 Å². The van der Waals surface area contributed by atoms with Gasteiger partial charge in [0.15, 0.2) is 20.9 Å². The van der Waals surface area contributed by atoms with Crippen molar-refractivity contribution in [1.29, 1.82) is 0 Å². The van der Waals surface area contributed by atoms with Crippen LogP contribution >= 0.6 is 15.9 Å². The van der Waals surface area contributed by atoms with E-state index in [-0.39, 0.29) is 18.7 Å². The average Bonchev–Trinajstić information content (AvgIpc) is 3.05. The van der Waals surface area contributed by atoms with Gasteiger partial charge >= 0.3 is 6.09 Å². The van der Waals surface area contributed by atoms with Gasteiger partial charge in [-0.2, -0.15) is 0 Å². The number of hydrogen-bond acceptors (Lipinski definition) is 7. The number of benzene rings is 1. The second-order valence-electron chi connectivity index (χ2n) is 7.76. The summed E-state index contributed by atoms with van der Waals surface area (Å²) >= 11 is 3.15. The van der Waals surface area contributed by atoms with Crippen LogP contribution in [-0.4, -0.2) is 57.0 Å². The van der Waals surface area contributed by atoms with Gasteiger partial charge in [-0.25, -0.2) is 27.9 Å². The first-order valence-electron chi connectivity index (χ1n) is 9.72. The molecule has 2 amide bonds. The minimum absolute atomic E-state index is 0.000934. The van der Waals surface area contributed by atoms with Gasteiger partial charge in [0.25, 0.3) is 5.91 Å². The summed E-state index contributed by atoms with van der Waals surface area (Å²) in [5.74, 6) is -1.54. The normalized spacial score (nSPS) is 23.9. The summed E-state index contributed by atoms with van der Waals surface area (Å²) in [4.78, 5) is 31.4. The van der Waals surface area contributed by atoms with Crippen molar-refractivity contribution in [3.05, 3.63) is 28.5 Å². The lowest BCUT2D eigenvalue weighted by Gasteiger charge is -2.29. The molecule has 172 valence electrons. The number of anilines is 1. The maximum absolute atomic E-state index is 14.3. The maximum Gasteiger partial charge on any atom is 0.414 e. The summed E-state index contributed by atoms with van der Waals surface area (Å²) in [5.41, 5.74) is 2.18. The number of carbonyl (C=O) groups excluding carboxylic acids is 2. The van der Waals surface area contributed by atoms with Gasteiger partial charge in [0.1, 0.15) is 11.9 Å². The van der Waals surface area contributed by atoms with Crippen LogP contribution in [0, 0.1) is 5.82 Å². The molecule has 0 spiro atoms. The predicted octanol–water partition coefficient (Wildman–Crippen LogP) is 2.68. The van der Waals surface area contributed by atoms with E-state index >= 15 is 0 Å². The third-order valence-corrected chi connectivity index (χ3v) is 7.89. The second kappa shape index (κ2) is 9.39. The zero-order valence-electron chi connectivity index (χ0n) is 17.1. The number of hydroxylamine groups is 1. The highest BCUT2D eigenvalue weighted by atomic mass is 79.9. The molecule has 2 aliphatic rings. The lowest BCUT2D eigenvalue weighted by Crippen LogP contribution is -2.53. The Balaban J connectivity index is 1.71. The van der Waals surface area contributed by atoms with Crippen LogP contribution in [0.15, 0.2) is 22.7 Å². The molecule has 0 saturated carbocycles. The number of ether oxygens (including phenoxy) is 2. The number of carbonyl (C=O) groups is 2. The van der Waals surface area contributed by atoms with Crippen molar-refractivity contribution in [2.45, 2.75) is 49.7 Å². The number of rotatable bonds is 7. The first-order chi connectivity index (χ1) is 14.5. The van der Waals surface area contributed by atoms with Crippen LogP contribution in [0.25, 0.3) is 0 Å². The van der Waals surface area contributed by atoms with E-state index in [9.17, 15) is 22.4 Å². The van der Waals surface area contributed by atoms with E-state index in [1.807, 2.05) is 0 Å². The molecule has 31 heavy (non-hydrogen) atoms. The zero-order valence-corrected chi connectivity index (χ0v) is 19.5. The van der Waals surface area contributed by atoms with E-state index in [4.69, 9.17) is 14.3 Å². The number of hydrogen-bond donors (Lipinski definition) is 1. The molecule has 3 atom stereocenters. The zero-order chi connectivity index (χ0) is 22.8. The monoisotopic (exact) mass is 522 g/mol. The molecule has 2 fully saturated rings. The van der Waals surface area contributed by atoms with Crippen molar-refractivity contribution < 1.29 is 36.7 Å². The molecule has 1 aromatic rings. The number of halogens is 2. The van der Waals surface area contributed by atoms with Crippen LogP contribution in [0.2, 0.25) is 0 Å². The smallest absolute Gasteiger partial charge is 0.414 e. The van der Waals surface area contributed by atoms with Crippen molar-refractivity contribution in [2.75, 3.05) is 24.3 Å². The first kappa shape index (κ1) is 23.9. The number of amides is 2. The number of nitrogens with zero attached hydrogens (tertiary/aromatic N) is 1. The number of nitrogens with one attached hydrogen (secondary N) is 1. The van der Waals surface area contributed by atoms with Crippen LogP contribution < -0.4 is 10.4 Å². The first-order valence-corrected chi connectivity index (χ1v) is 12.4. The van der Waals surface area contributed by atoms with Gasteiger partial charge in [0.05, 0.1) is 12.2 Å². The summed E-state index contributed by atoms with van der Waals surface area (Å²) in [6, 6.07) is 4.18. The van der Waals surface area contributed by atoms with E-state index in [0.717, 1.165) is 24.0 Å². The molecule has 1 aromatic carbocycles. The Morgan fingerprint density at radius 3 is 2.77 bits per heavy atom. The minimum Gasteiger partial charge on any atom is -0.444 e. The van der Waals surface area contributed by atoms with Crippen molar-refractivity contribution in [2.24, 2.45) is 0 Å². The third kappa shape index (κ3) is 5.36. The van der Waals surface area contributed by atoms with E-state index in [1.54, 1.807) is 6.07 Å². The highest BCUT2D eigenvalue weighted by Crippen LogP contribution is 2.32. The van der Waals surface area contributed by atoms with E-state index < -0.39 is 44.8 Å². The SMILES string of the molecule is CC(CC1CN(c2ccc(Br)cc2F)C(=O)O1)(C(=O)NOC1CCCCO1)S(C)(=O)=O. The van der Waals surface area contributed by atoms with Crippen molar-refractivity contribution in [3.63, 3.8) is 0 Å². The molecule has 0 aliphatic carbocycles. The van der Waals surface area contributed by atoms with Crippen molar-refractivity contribution in [1.82, 2.24) is 5.48 Å². The van der Waals surface area contributed by atoms with Crippen LogP contribution in [0.4, 0.5) is 14.9 Å². The maximum atomic E-state index is 14.3. The quantitative estimate of drug-likeness (QED) is 0.547. The van der Waals surface area contributed by atoms with E-state index in [0.29, 0.717) is 17.5 Å². The molecule has 12 heteroatoms. The number of sulfone groups is 1. The molecular formula is C19H24BrFN2O7S. The molecule has 0 aromatic heterocycles. The highest BCUT2D eigenvalue weighted by molar-refractivity contribution is 9.10. The summed E-state index contributed by atoms with van der Waals surface area (Å²) in [6.07, 6.45) is 0.494. The molecule has 3 rings (SSSR count). The fraction of sp³-hybridized carbons (Fsp3) is 0.579. The van der Waals surface area contributed by atoms with Gasteiger partial charge in [-0.15, -0.1) is 0 Å². The lowest BCUT2D eigenvalue weighted by atomic mass is 10.0. The summed E-state index contributed by atoms with van der Waals surface area (Å²) in [5, 5.41) is 0. The van der Waals surface area contributed by atoms with Gasteiger partial charge < -0.3 is 9.47 Å². The van der Waals surface area contributed by atoms with Crippen LogP contribution in [0.5, 0.6) is 0 Å². The molecule has 2 heterocycles. The Hall–Kier alpha value is -1.76. The van der Waals surface area contributed by atoms with Crippen molar-refractivity contribution >= 4 is 43.5 Å². The summed E-state index contributed by atoms with van der Waals surface area (Å²) in [7, 11) is -3.94. The molecule has 2 aliphatic heterocycles. The molecule has 3 unspecified atom stereocenters. The van der Waals surface area contributed by atoms with E-state index in [2.05, 4.69) is 21.4 Å². The van der Waals surface area contributed by atoms with Gasteiger partial charge in [-0.05, 0) is 38.0 Å². The molecular weight excluding hydrogens is 499 g/mol. The third-order valence-electron chi connectivity index (χ3n) is 5.41. The van der Waals surface area contributed by atoms with Crippen LogP contribution in [0.3, 0.4) is 0 Å². The highest BCUT2D eigenvalue weighted by Gasteiger charge is 2.49. The fourth-order valence-corrected chi connectivity index (χ4v) is 4.60. The minimum atomic E-state index is -3.94. The lowest BCUT2D eigenvalue weighted by molar-refractivity contribution is -0.201. The average molecular weight is 523 g/mol. The summed E-state index contributed by atoms with van der Waals surface area (Å²) < 4.78 is 48.4. The second-order valence-corrected chi connectivity index (χ2v) is 11.1. The van der Waals surface area contributed by atoms with Gasteiger partial charge in [-0.3, -0.25) is 9.69 Å². The topological polar surface area (TPSA) is 111 Å². The van der Waals surface area contributed by atoms with Crippen molar-refractivity contribution in [3.8, 4) is 0 Å². The van der Waals surface area contributed by atoms with Gasteiger partial charge in [0.2, 0.25) is 0 Å². The fourth-order valence-electron chi connectivity index (χ4n) is 3.40. The molecule has 9 nitrogen and oxygen atoms in total.